The molecule has 4 fully saturated rings. The molecular formula is C32H50N2O5S. The second-order valence-electron chi connectivity index (χ2n) is 12.4. The molecule has 1 saturated carbocycles. The summed E-state index contributed by atoms with van der Waals surface area (Å²) < 4.78 is 4.78. The number of hydrogen-bond acceptors (Lipinski definition) is 6. The largest absolute Gasteiger partial charge is 0.465 e. The first-order valence-electron chi connectivity index (χ1n) is 15.6. The van der Waals surface area contributed by atoms with Crippen LogP contribution in [0.1, 0.15) is 96.8 Å². The number of rotatable bonds is 16. The second-order valence-corrected chi connectivity index (χ2v) is 14.3. The van der Waals surface area contributed by atoms with E-state index >= 15 is 0 Å². The number of esters is 1. The molecule has 2 unspecified atom stereocenters. The van der Waals surface area contributed by atoms with Gasteiger partial charge in [-0.2, -0.15) is 0 Å². The minimum atomic E-state index is -0.603. The molecule has 5 atom stereocenters. The first kappa shape index (κ1) is 31.1. The lowest BCUT2D eigenvalue weighted by Gasteiger charge is -2.41. The number of ether oxygens (including phenoxy) is 1. The van der Waals surface area contributed by atoms with Gasteiger partial charge in [0.05, 0.1) is 23.2 Å². The van der Waals surface area contributed by atoms with Crippen molar-refractivity contribution >= 4 is 29.5 Å². The molecule has 4 rings (SSSR count). The molecule has 7 nitrogen and oxygen atoms in total. The molecule has 1 N–H and O–H groups in total. The zero-order valence-corrected chi connectivity index (χ0v) is 25.3. The van der Waals surface area contributed by atoms with Crippen molar-refractivity contribution in [2.24, 2.45) is 11.8 Å². The zero-order valence-electron chi connectivity index (χ0n) is 24.5. The molecule has 4 aliphatic rings. The van der Waals surface area contributed by atoms with E-state index in [4.69, 9.17) is 4.74 Å². The number of carbonyl (C=O) groups excluding carboxylic acids is 3. The van der Waals surface area contributed by atoms with Crippen LogP contribution >= 0.6 is 11.8 Å². The molecule has 1 spiro atoms. The van der Waals surface area contributed by atoms with E-state index in [0.717, 1.165) is 83.5 Å². The van der Waals surface area contributed by atoms with Crippen LogP contribution in [0.2, 0.25) is 0 Å². The molecule has 0 aromatic carbocycles. The van der Waals surface area contributed by atoms with Crippen LogP contribution in [-0.2, 0) is 19.1 Å². The molecular weight excluding hydrogens is 524 g/mol. The summed E-state index contributed by atoms with van der Waals surface area (Å²) in [5, 5.41) is 9.18. The molecule has 8 heteroatoms. The average Bonchev–Trinajstić information content (AvgIpc) is 3.52. The highest BCUT2D eigenvalue weighted by molar-refractivity contribution is 8.02. The number of allylic oxidation sites excluding steroid dienone is 1. The highest BCUT2D eigenvalue weighted by atomic mass is 32.2. The van der Waals surface area contributed by atoms with Crippen LogP contribution in [0.15, 0.2) is 25.3 Å². The van der Waals surface area contributed by atoms with Crippen LogP contribution in [0.4, 0.5) is 0 Å². The Hall–Kier alpha value is -1.80. The Bertz CT molecular complexity index is 936. The van der Waals surface area contributed by atoms with E-state index in [2.05, 4.69) is 20.1 Å². The molecule has 224 valence electrons. The molecule has 0 aromatic rings. The van der Waals surface area contributed by atoms with Crippen molar-refractivity contribution in [1.82, 2.24) is 9.80 Å². The predicted molar refractivity (Wildman–Crippen MR) is 160 cm³/mol. The molecule has 3 heterocycles. The number of fused-ring (bicyclic) bond motifs is 1. The second kappa shape index (κ2) is 13.9. The maximum absolute atomic E-state index is 14.6. The molecule has 3 saturated heterocycles. The fourth-order valence-corrected chi connectivity index (χ4v) is 10.2. The Morgan fingerprint density at radius 1 is 1.07 bits per heavy atom. The Labute approximate surface area is 245 Å². The summed E-state index contributed by atoms with van der Waals surface area (Å²) in [6, 6.07) is -0.395. The van der Waals surface area contributed by atoms with Crippen LogP contribution < -0.4 is 0 Å². The Morgan fingerprint density at radius 3 is 2.52 bits per heavy atom. The monoisotopic (exact) mass is 574 g/mol. The van der Waals surface area contributed by atoms with Crippen molar-refractivity contribution in [2.45, 2.75) is 118 Å². The van der Waals surface area contributed by atoms with Gasteiger partial charge in [0, 0.05) is 30.5 Å². The van der Waals surface area contributed by atoms with Crippen molar-refractivity contribution in [3.05, 3.63) is 25.3 Å². The lowest BCUT2D eigenvalue weighted by atomic mass is 9.66. The maximum atomic E-state index is 14.6. The van der Waals surface area contributed by atoms with Gasteiger partial charge in [0.2, 0.25) is 11.8 Å². The topological polar surface area (TPSA) is 87.1 Å². The number of carbonyl (C=O) groups is 3. The van der Waals surface area contributed by atoms with Crippen LogP contribution in [0, 0.1) is 11.8 Å². The zero-order chi connectivity index (χ0) is 28.8. The molecule has 3 aliphatic heterocycles. The van der Waals surface area contributed by atoms with Gasteiger partial charge < -0.3 is 19.6 Å². The highest BCUT2D eigenvalue weighted by Gasteiger charge is 2.77. The Morgan fingerprint density at radius 2 is 1.82 bits per heavy atom. The highest BCUT2D eigenvalue weighted by Crippen LogP contribution is 2.71. The predicted octanol–water partition coefficient (Wildman–Crippen LogP) is 5.27. The SMILES string of the molecule is C=CCCCCOC(=O)[C@H]1[C@H]2C(=O)N(CCCCCCO)C(C(=O)N(CC=C)C3CCCCC3)C23CC[C@]1(C)S3. The van der Waals surface area contributed by atoms with Gasteiger partial charge in [-0.05, 0) is 64.7 Å². The first-order valence-corrected chi connectivity index (χ1v) is 16.5. The van der Waals surface area contributed by atoms with Crippen molar-refractivity contribution in [3.8, 4) is 0 Å². The van der Waals surface area contributed by atoms with E-state index in [-0.39, 0.29) is 30.4 Å². The lowest BCUT2D eigenvalue weighted by molar-refractivity contribution is -0.155. The number of nitrogens with zero attached hydrogens (tertiary/aromatic N) is 2. The van der Waals surface area contributed by atoms with Gasteiger partial charge >= 0.3 is 5.97 Å². The standard InChI is InChI=1S/C32H50N2O5S/c1-4-6-7-15-23-39-30(38)26-25-28(36)34(21-13-8-9-14-22-35)27(32(25)19-18-31(26,3)40-32)29(37)33(20-5-2)24-16-11-10-12-17-24/h4-5,24-27,35H,1-2,6-23H2,3H3/t25-,26+,27?,31-,32?/m0/s1. The summed E-state index contributed by atoms with van der Waals surface area (Å²) >= 11 is 1.73. The van der Waals surface area contributed by atoms with Crippen molar-refractivity contribution < 1.29 is 24.2 Å². The molecule has 0 aromatic heterocycles. The number of thioether (sulfide) groups is 1. The molecule has 1 aliphatic carbocycles. The van der Waals surface area contributed by atoms with Gasteiger partial charge in [0.15, 0.2) is 0 Å². The number of hydrogen-bond donors (Lipinski definition) is 1. The van der Waals surface area contributed by atoms with E-state index in [0.29, 0.717) is 19.7 Å². The van der Waals surface area contributed by atoms with E-state index in [1.807, 2.05) is 22.0 Å². The summed E-state index contributed by atoms with van der Waals surface area (Å²) in [5.74, 6) is -1.35. The Balaban J connectivity index is 1.61. The van der Waals surface area contributed by atoms with Crippen LogP contribution in [0.25, 0.3) is 0 Å². The van der Waals surface area contributed by atoms with Gasteiger partial charge in [-0.25, -0.2) is 0 Å². The summed E-state index contributed by atoms with van der Waals surface area (Å²) in [5.41, 5.74) is 0. The van der Waals surface area contributed by atoms with Gasteiger partial charge in [0.1, 0.15) is 6.04 Å². The lowest BCUT2D eigenvalue weighted by Crippen LogP contribution is -2.57. The quantitative estimate of drug-likeness (QED) is 0.154. The number of aliphatic hydroxyl groups is 1. The van der Waals surface area contributed by atoms with Gasteiger partial charge in [0.25, 0.3) is 0 Å². The van der Waals surface area contributed by atoms with Crippen molar-refractivity contribution in [1.29, 1.82) is 0 Å². The third kappa shape index (κ3) is 6.04. The molecule has 2 amide bonds. The van der Waals surface area contributed by atoms with Crippen LogP contribution in [0.5, 0.6) is 0 Å². The number of unbranched alkanes of at least 4 members (excludes halogenated alkanes) is 5. The number of amides is 2. The van der Waals surface area contributed by atoms with E-state index < -0.39 is 27.4 Å². The molecule has 0 radical (unpaired) electrons. The van der Waals surface area contributed by atoms with Crippen LogP contribution in [0.3, 0.4) is 0 Å². The summed E-state index contributed by atoms with van der Waals surface area (Å²) in [7, 11) is 0. The third-order valence-electron chi connectivity index (χ3n) is 9.74. The average molecular weight is 575 g/mol. The van der Waals surface area contributed by atoms with Gasteiger partial charge in [-0.3, -0.25) is 14.4 Å². The van der Waals surface area contributed by atoms with Gasteiger partial charge in [-0.15, -0.1) is 24.9 Å². The Kier molecular flexibility index (Phi) is 10.8. The smallest absolute Gasteiger partial charge is 0.311 e. The number of likely N-dealkylation sites (tertiary alicyclic amines) is 1. The van der Waals surface area contributed by atoms with E-state index in [1.54, 1.807) is 11.8 Å². The fourth-order valence-electron chi connectivity index (χ4n) is 7.81. The minimum absolute atomic E-state index is 0.0354. The first-order chi connectivity index (χ1) is 19.3. The van der Waals surface area contributed by atoms with Gasteiger partial charge in [-0.1, -0.05) is 44.3 Å². The maximum Gasteiger partial charge on any atom is 0.311 e. The molecule has 2 bridgehead atoms. The number of aliphatic hydroxyl groups excluding tert-OH is 1. The fraction of sp³-hybridized carbons (Fsp3) is 0.781. The van der Waals surface area contributed by atoms with E-state index in [1.165, 1.54) is 6.42 Å². The molecule has 40 heavy (non-hydrogen) atoms. The minimum Gasteiger partial charge on any atom is -0.465 e. The van der Waals surface area contributed by atoms with Crippen molar-refractivity contribution in [3.63, 3.8) is 0 Å². The summed E-state index contributed by atoms with van der Waals surface area (Å²) in [6.07, 6.45) is 16.5. The normalized spacial score (nSPS) is 31.3. The van der Waals surface area contributed by atoms with Crippen molar-refractivity contribution in [2.75, 3.05) is 26.3 Å². The third-order valence-corrected chi connectivity index (χ3v) is 11.7. The summed E-state index contributed by atoms with van der Waals surface area (Å²) in [6.45, 7) is 11.3. The van der Waals surface area contributed by atoms with E-state index in [9.17, 15) is 19.5 Å². The van der Waals surface area contributed by atoms with Crippen LogP contribution in [-0.4, -0.2) is 80.6 Å². The summed E-state index contributed by atoms with van der Waals surface area (Å²) in [4.78, 5) is 46.4.